The van der Waals surface area contributed by atoms with Crippen molar-refractivity contribution in [2.75, 3.05) is 11.4 Å². The van der Waals surface area contributed by atoms with E-state index in [9.17, 15) is 9.59 Å². The number of hydrogen-bond donors (Lipinski definition) is 0. The van der Waals surface area contributed by atoms with Crippen molar-refractivity contribution in [2.24, 2.45) is 0 Å². The summed E-state index contributed by atoms with van der Waals surface area (Å²) in [6.07, 6.45) is 1.74. The van der Waals surface area contributed by atoms with Crippen LogP contribution in [-0.2, 0) is 11.3 Å². The number of rotatable bonds is 0. The first kappa shape index (κ1) is 8.93. The van der Waals surface area contributed by atoms with Crippen molar-refractivity contribution in [2.45, 2.75) is 20.4 Å². The molecule has 14 heavy (non-hydrogen) atoms. The first-order valence-corrected chi connectivity index (χ1v) is 4.46. The van der Waals surface area contributed by atoms with Gasteiger partial charge in [0.15, 0.2) is 0 Å². The minimum atomic E-state index is -0.260. The van der Waals surface area contributed by atoms with Gasteiger partial charge in [0.25, 0.3) is 5.56 Å². The number of carbonyl (C=O) groups is 1. The lowest BCUT2D eigenvalue weighted by Gasteiger charge is -2.11. The van der Waals surface area contributed by atoms with Crippen LogP contribution in [0.25, 0.3) is 0 Å². The van der Waals surface area contributed by atoms with Gasteiger partial charge in [-0.05, 0) is 6.92 Å². The number of aromatic nitrogens is 2. The Hall–Kier alpha value is -1.65. The molecule has 5 heteroatoms. The van der Waals surface area contributed by atoms with Crippen LogP contribution in [0.4, 0.5) is 5.95 Å². The lowest BCUT2D eigenvalue weighted by atomic mass is 10.4. The van der Waals surface area contributed by atoms with Gasteiger partial charge in [-0.25, -0.2) is 0 Å². The van der Waals surface area contributed by atoms with Crippen LogP contribution < -0.4 is 10.5 Å². The maximum Gasteiger partial charge on any atom is 0.277 e. The van der Waals surface area contributed by atoms with Crippen molar-refractivity contribution in [3.8, 4) is 0 Å². The molecule has 0 spiro atoms. The van der Waals surface area contributed by atoms with Crippen molar-refractivity contribution in [1.29, 1.82) is 0 Å². The average Bonchev–Trinajstić information content (AvgIpc) is 2.48. The van der Waals surface area contributed by atoms with E-state index in [0.29, 0.717) is 24.6 Å². The third kappa shape index (κ3) is 1.21. The topological polar surface area (TPSA) is 55.2 Å². The van der Waals surface area contributed by atoms with E-state index in [4.69, 9.17) is 0 Å². The number of nitrogens with zero attached hydrogens (tertiary/aromatic N) is 3. The summed E-state index contributed by atoms with van der Waals surface area (Å²) < 4.78 is 1.83. The molecule has 0 radical (unpaired) electrons. The fourth-order valence-corrected chi connectivity index (χ4v) is 1.58. The van der Waals surface area contributed by atoms with Gasteiger partial charge in [0, 0.05) is 31.8 Å². The third-order valence-corrected chi connectivity index (χ3v) is 2.33. The van der Waals surface area contributed by atoms with Crippen LogP contribution in [0, 0.1) is 6.92 Å². The van der Waals surface area contributed by atoms with Gasteiger partial charge >= 0.3 is 0 Å². The van der Waals surface area contributed by atoms with Crippen molar-refractivity contribution < 1.29 is 4.79 Å². The zero-order chi connectivity index (χ0) is 10.3. The summed E-state index contributed by atoms with van der Waals surface area (Å²) in [6.45, 7) is 4.51. The fourth-order valence-electron chi connectivity index (χ4n) is 1.58. The Morgan fingerprint density at radius 3 is 2.86 bits per heavy atom. The standard InChI is InChI=1S/C9H11N3O2/c1-6-5-11-3-4-12(7(2)13)9(11)10-8(6)14/h5H,3-4H2,1-2H3. The molecule has 0 atom stereocenters. The fraction of sp³-hybridized carbons (Fsp3) is 0.444. The van der Waals surface area contributed by atoms with E-state index < -0.39 is 0 Å². The normalized spacial score (nSPS) is 14.3. The van der Waals surface area contributed by atoms with Gasteiger partial charge in [0.05, 0.1) is 0 Å². The number of aryl methyl sites for hydroxylation is 1. The third-order valence-electron chi connectivity index (χ3n) is 2.33. The Kier molecular flexibility index (Phi) is 1.87. The van der Waals surface area contributed by atoms with E-state index in [1.165, 1.54) is 11.8 Å². The number of hydrogen-bond acceptors (Lipinski definition) is 3. The zero-order valence-electron chi connectivity index (χ0n) is 8.15. The zero-order valence-corrected chi connectivity index (χ0v) is 8.15. The summed E-state index contributed by atoms with van der Waals surface area (Å²) in [4.78, 5) is 27.8. The Balaban J connectivity index is 2.56. The lowest BCUT2D eigenvalue weighted by molar-refractivity contribution is -0.116. The Labute approximate surface area is 81.0 Å². The molecule has 1 aliphatic rings. The summed E-state index contributed by atoms with van der Waals surface area (Å²) >= 11 is 0. The second kappa shape index (κ2) is 2.94. The molecule has 1 aromatic rings. The van der Waals surface area contributed by atoms with Crippen molar-refractivity contribution >= 4 is 11.9 Å². The average molecular weight is 193 g/mol. The molecule has 1 aromatic heterocycles. The first-order valence-electron chi connectivity index (χ1n) is 4.46. The van der Waals surface area contributed by atoms with Gasteiger partial charge in [-0.1, -0.05) is 0 Å². The second-order valence-corrected chi connectivity index (χ2v) is 3.39. The highest BCUT2D eigenvalue weighted by atomic mass is 16.2. The van der Waals surface area contributed by atoms with Crippen LogP contribution in [0.2, 0.25) is 0 Å². The number of amides is 1. The van der Waals surface area contributed by atoms with Crippen molar-refractivity contribution in [3.63, 3.8) is 0 Å². The molecule has 74 valence electrons. The van der Waals surface area contributed by atoms with Gasteiger partial charge in [-0.15, -0.1) is 0 Å². The lowest BCUT2D eigenvalue weighted by Crippen LogP contribution is -2.28. The molecule has 2 heterocycles. The molecule has 0 saturated carbocycles. The molecule has 0 unspecified atom stereocenters. The van der Waals surface area contributed by atoms with Gasteiger partial charge in [-0.2, -0.15) is 4.98 Å². The molecule has 1 amide bonds. The summed E-state index contributed by atoms with van der Waals surface area (Å²) in [5.41, 5.74) is 0.351. The highest BCUT2D eigenvalue weighted by Crippen LogP contribution is 2.16. The molecule has 0 bridgehead atoms. The van der Waals surface area contributed by atoms with E-state index in [1.807, 2.05) is 4.57 Å². The Bertz CT molecular complexity index is 450. The van der Waals surface area contributed by atoms with Crippen LogP contribution >= 0.6 is 0 Å². The predicted molar refractivity (Wildman–Crippen MR) is 51.3 cm³/mol. The SMILES string of the molecule is CC(=O)N1CCn2cc(C)c(=O)nc21. The largest absolute Gasteiger partial charge is 0.316 e. The van der Waals surface area contributed by atoms with Crippen LogP contribution in [0.3, 0.4) is 0 Å². The number of carbonyl (C=O) groups excluding carboxylic acids is 1. The summed E-state index contributed by atoms with van der Waals surface area (Å²) in [6, 6.07) is 0. The van der Waals surface area contributed by atoms with Crippen LogP contribution in [0.5, 0.6) is 0 Å². The van der Waals surface area contributed by atoms with Gasteiger partial charge in [0.2, 0.25) is 11.9 Å². The minimum Gasteiger partial charge on any atom is -0.316 e. The summed E-state index contributed by atoms with van der Waals surface area (Å²) in [7, 11) is 0. The van der Waals surface area contributed by atoms with Gasteiger partial charge < -0.3 is 4.57 Å². The smallest absolute Gasteiger partial charge is 0.277 e. The summed E-state index contributed by atoms with van der Waals surface area (Å²) in [5, 5.41) is 0. The van der Waals surface area contributed by atoms with E-state index in [0.717, 1.165) is 0 Å². The molecule has 0 fully saturated rings. The van der Waals surface area contributed by atoms with E-state index in [-0.39, 0.29) is 11.5 Å². The maximum atomic E-state index is 11.3. The number of anilines is 1. The summed E-state index contributed by atoms with van der Waals surface area (Å²) in [5.74, 6) is 0.389. The van der Waals surface area contributed by atoms with E-state index in [1.54, 1.807) is 13.1 Å². The molecule has 0 aromatic carbocycles. The van der Waals surface area contributed by atoms with Crippen LogP contribution in [-0.4, -0.2) is 22.0 Å². The first-order chi connectivity index (χ1) is 6.59. The van der Waals surface area contributed by atoms with Gasteiger partial charge in [0.1, 0.15) is 0 Å². The van der Waals surface area contributed by atoms with E-state index >= 15 is 0 Å². The highest BCUT2D eigenvalue weighted by molar-refractivity contribution is 5.90. The second-order valence-electron chi connectivity index (χ2n) is 3.39. The quantitative estimate of drug-likeness (QED) is 0.579. The highest BCUT2D eigenvalue weighted by Gasteiger charge is 2.23. The van der Waals surface area contributed by atoms with Crippen molar-refractivity contribution in [1.82, 2.24) is 9.55 Å². The Morgan fingerprint density at radius 1 is 1.50 bits per heavy atom. The maximum absolute atomic E-state index is 11.3. The predicted octanol–water partition coefficient (Wildman–Crippen LogP) is -0.0818. The van der Waals surface area contributed by atoms with Crippen molar-refractivity contribution in [3.05, 3.63) is 22.1 Å². The van der Waals surface area contributed by atoms with Crippen LogP contribution in [0.15, 0.2) is 11.0 Å². The van der Waals surface area contributed by atoms with E-state index in [2.05, 4.69) is 4.98 Å². The molecule has 0 saturated heterocycles. The molecule has 2 rings (SSSR count). The molecule has 5 nitrogen and oxygen atoms in total. The van der Waals surface area contributed by atoms with Gasteiger partial charge in [-0.3, -0.25) is 14.5 Å². The Morgan fingerprint density at radius 2 is 2.21 bits per heavy atom. The molecule has 1 aliphatic heterocycles. The van der Waals surface area contributed by atoms with Crippen LogP contribution in [0.1, 0.15) is 12.5 Å². The molecular weight excluding hydrogens is 182 g/mol. The monoisotopic (exact) mass is 193 g/mol. The minimum absolute atomic E-state index is 0.0768. The molecule has 0 N–H and O–H groups in total. The molecular formula is C9H11N3O2. The molecule has 0 aliphatic carbocycles. The number of fused-ring (bicyclic) bond motifs is 1.